The lowest BCUT2D eigenvalue weighted by Gasteiger charge is -2.09. The number of rotatable bonds is 1. The molecule has 0 aliphatic carbocycles. The average molecular weight is 166 g/mol. The van der Waals surface area contributed by atoms with Gasteiger partial charge in [-0.15, -0.1) is 12.6 Å². The number of thiol groups is 1. The molecule has 0 aromatic rings. The minimum Gasteiger partial charge on any atom is -0.394 e. The second kappa shape index (κ2) is 3.06. The molecule has 0 unspecified atom stereocenters. The quantitative estimate of drug-likeness (QED) is 0.352. The molecule has 0 radical (unpaired) electrons. The van der Waals surface area contributed by atoms with Crippen LogP contribution in [0.5, 0.6) is 0 Å². The lowest BCUT2D eigenvalue weighted by Crippen LogP contribution is -2.32. The molecule has 4 atom stereocenters. The van der Waals surface area contributed by atoms with Gasteiger partial charge in [0.05, 0.1) is 6.61 Å². The van der Waals surface area contributed by atoms with Crippen molar-refractivity contribution in [2.75, 3.05) is 6.61 Å². The molecule has 60 valence electrons. The Morgan fingerprint density at radius 2 is 1.90 bits per heavy atom. The minimum atomic E-state index is -1.02. The van der Waals surface area contributed by atoms with Crippen LogP contribution in [0.1, 0.15) is 0 Å². The summed E-state index contributed by atoms with van der Waals surface area (Å²) in [6.07, 6.45) is -2.72. The fourth-order valence-corrected chi connectivity index (χ4v) is 1.21. The predicted octanol–water partition coefficient (Wildman–Crippen LogP) is -1.64. The Balaban J connectivity index is 2.53. The molecule has 1 heterocycles. The Kier molecular flexibility index (Phi) is 2.54. The van der Waals surface area contributed by atoms with Crippen LogP contribution >= 0.6 is 12.6 Å². The molecule has 0 aromatic heterocycles. The summed E-state index contributed by atoms with van der Waals surface area (Å²) in [5.74, 6) is 0. The topological polar surface area (TPSA) is 69.9 Å². The van der Waals surface area contributed by atoms with Crippen molar-refractivity contribution >= 4 is 12.6 Å². The third-order valence-corrected chi connectivity index (χ3v) is 1.94. The maximum Gasteiger partial charge on any atom is 0.129 e. The summed E-state index contributed by atoms with van der Waals surface area (Å²) < 4.78 is 4.85. The molecule has 5 heteroatoms. The molecule has 4 nitrogen and oxygen atoms in total. The van der Waals surface area contributed by atoms with Crippen molar-refractivity contribution < 1.29 is 20.1 Å². The van der Waals surface area contributed by atoms with Gasteiger partial charge in [-0.3, -0.25) is 0 Å². The van der Waals surface area contributed by atoms with Gasteiger partial charge in [-0.05, 0) is 0 Å². The highest BCUT2D eigenvalue weighted by Crippen LogP contribution is 2.22. The van der Waals surface area contributed by atoms with Gasteiger partial charge in [0.2, 0.25) is 0 Å². The van der Waals surface area contributed by atoms with Crippen molar-refractivity contribution in [3.8, 4) is 0 Å². The van der Waals surface area contributed by atoms with Gasteiger partial charge in [-0.25, -0.2) is 0 Å². The zero-order valence-electron chi connectivity index (χ0n) is 5.21. The van der Waals surface area contributed by atoms with E-state index in [4.69, 9.17) is 20.1 Å². The molecule has 0 saturated carbocycles. The Morgan fingerprint density at radius 3 is 2.10 bits per heavy atom. The van der Waals surface area contributed by atoms with E-state index in [-0.39, 0.29) is 6.61 Å². The second-order valence-electron chi connectivity index (χ2n) is 2.23. The number of hydrogen-bond donors (Lipinski definition) is 4. The Labute approximate surface area is 63.8 Å². The average Bonchev–Trinajstić information content (AvgIpc) is 2.17. The highest BCUT2D eigenvalue weighted by Gasteiger charge is 2.40. The molecule has 1 rings (SSSR count). The standard InChI is InChI=1S/C5H10O4S/c6-1-2-3(7)4(8)5(10)9-2/h2-8,10H,1H2/t2-,3+,4+,5+/m1/s1. The van der Waals surface area contributed by atoms with E-state index in [0.29, 0.717) is 0 Å². The van der Waals surface area contributed by atoms with E-state index in [2.05, 4.69) is 12.6 Å². The summed E-state index contributed by atoms with van der Waals surface area (Å²) in [5.41, 5.74) is -0.688. The molecule has 1 aliphatic heterocycles. The van der Waals surface area contributed by atoms with Crippen molar-refractivity contribution in [2.45, 2.75) is 23.7 Å². The third kappa shape index (κ3) is 1.28. The van der Waals surface area contributed by atoms with Crippen molar-refractivity contribution in [1.82, 2.24) is 0 Å². The molecule has 1 aliphatic rings. The zero-order chi connectivity index (χ0) is 7.72. The fourth-order valence-electron chi connectivity index (χ4n) is 0.880. The Morgan fingerprint density at radius 1 is 1.30 bits per heavy atom. The zero-order valence-corrected chi connectivity index (χ0v) is 6.11. The first-order valence-corrected chi connectivity index (χ1v) is 3.49. The summed E-state index contributed by atoms with van der Waals surface area (Å²) in [7, 11) is 0. The van der Waals surface area contributed by atoms with Crippen LogP contribution in [-0.2, 0) is 4.74 Å². The monoisotopic (exact) mass is 166 g/mol. The molecule has 1 fully saturated rings. The number of hydrogen-bond acceptors (Lipinski definition) is 5. The SMILES string of the molecule is OC[C@H]1O[C@@H](S)[C@@H](O)[C@H]1O. The van der Waals surface area contributed by atoms with Crippen LogP contribution in [0.3, 0.4) is 0 Å². The van der Waals surface area contributed by atoms with Gasteiger partial charge in [-0.2, -0.15) is 0 Å². The third-order valence-electron chi connectivity index (χ3n) is 1.52. The smallest absolute Gasteiger partial charge is 0.129 e. The number of aliphatic hydroxyl groups is 3. The maximum absolute atomic E-state index is 9.04. The van der Waals surface area contributed by atoms with Crippen LogP contribution in [-0.4, -0.2) is 45.7 Å². The fraction of sp³-hybridized carbons (Fsp3) is 1.00. The molecule has 1 saturated heterocycles. The lowest BCUT2D eigenvalue weighted by molar-refractivity contribution is -0.00794. The first-order chi connectivity index (χ1) is 4.66. The summed E-state index contributed by atoms with van der Waals surface area (Å²) in [4.78, 5) is 0. The summed E-state index contributed by atoms with van der Waals surface area (Å²) in [5, 5.41) is 26.6. The van der Waals surface area contributed by atoms with E-state index in [9.17, 15) is 0 Å². The van der Waals surface area contributed by atoms with Crippen molar-refractivity contribution in [2.24, 2.45) is 0 Å². The number of aliphatic hydroxyl groups excluding tert-OH is 3. The highest BCUT2D eigenvalue weighted by atomic mass is 32.1. The van der Waals surface area contributed by atoms with Gasteiger partial charge < -0.3 is 20.1 Å². The van der Waals surface area contributed by atoms with Gasteiger partial charge in [0.25, 0.3) is 0 Å². The van der Waals surface area contributed by atoms with Crippen LogP contribution in [0.2, 0.25) is 0 Å². The van der Waals surface area contributed by atoms with Gasteiger partial charge in [-0.1, -0.05) is 0 Å². The normalized spacial score (nSPS) is 48.0. The predicted molar refractivity (Wildman–Crippen MR) is 36.7 cm³/mol. The lowest BCUT2D eigenvalue weighted by atomic mass is 10.2. The van der Waals surface area contributed by atoms with Crippen LogP contribution in [0.15, 0.2) is 0 Å². The minimum absolute atomic E-state index is 0.296. The highest BCUT2D eigenvalue weighted by molar-refractivity contribution is 7.80. The molecule has 0 aromatic carbocycles. The van der Waals surface area contributed by atoms with E-state index < -0.39 is 23.7 Å². The van der Waals surface area contributed by atoms with E-state index in [1.807, 2.05) is 0 Å². The van der Waals surface area contributed by atoms with Crippen LogP contribution in [0.4, 0.5) is 0 Å². The summed E-state index contributed by atoms with van der Waals surface area (Å²) >= 11 is 3.82. The largest absolute Gasteiger partial charge is 0.394 e. The van der Waals surface area contributed by atoms with Crippen LogP contribution < -0.4 is 0 Å². The second-order valence-corrected chi connectivity index (χ2v) is 2.74. The summed E-state index contributed by atoms with van der Waals surface area (Å²) in [6.45, 7) is -0.296. The van der Waals surface area contributed by atoms with Gasteiger partial charge >= 0.3 is 0 Å². The first-order valence-electron chi connectivity index (χ1n) is 2.97. The van der Waals surface area contributed by atoms with E-state index in [1.165, 1.54) is 0 Å². The van der Waals surface area contributed by atoms with Gasteiger partial charge in [0.1, 0.15) is 23.7 Å². The Bertz CT molecular complexity index is 120. The van der Waals surface area contributed by atoms with Crippen LogP contribution in [0, 0.1) is 0 Å². The maximum atomic E-state index is 9.04. The first kappa shape index (κ1) is 8.29. The van der Waals surface area contributed by atoms with Crippen LogP contribution in [0.25, 0.3) is 0 Å². The van der Waals surface area contributed by atoms with E-state index in [1.54, 1.807) is 0 Å². The van der Waals surface area contributed by atoms with E-state index in [0.717, 1.165) is 0 Å². The molecule has 10 heavy (non-hydrogen) atoms. The van der Waals surface area contributed by atoms with Crippen molar-refractivity contribution in [3.63, 3.8) is 0 Å². The molecular weight excluding hydrogens is 156 g/mol. The number of ether oxygens (including phenoxy) is 1. The molecular formula is C5H10O4S. The summed E-state index contributed by atoms with van der Waals surface area (Å²) in [6, 6.07) is 0. The molecule has 3 N–H and O–H groups in total. The van der Waals surface area contributed by atoms with Gasteiger partial charge in [0, 0.05) is 0 Å². The van der Waals surface area contributed by atoms with E-state index >= 15 is 0 Å². The molecule has 0 spiro atoms. The van der Waals surface area contributed by atoms with Crippen molar-refractivity contribution in [3.05, 3.63) is 0 Å². The van der Waals surface area contributed by atoms with Gasteiger partial charge in [0.15, 0.2) is 0 Å². The van der Waals surface area contributed by atoms with Crippen molar-refractivity contribution in [1.29, 1.82) is 0 Å². The molecule has 0 bridgehead atoms. The molecule has 0 amide bonds. The Hall–Kier alpha value is 0.190.